The van der Waals surface area contributed by atoms with Crippen LogP contribution < -0.4 is 10.9 Å². The number of carbonyl (C=O) groups excluding carboxylic acids is 1. The van der Waals surface area contributed by atoms with Gasteiger partial charge in [-0.05, 0) is 36.6 Å². The zero-order valence-electron chi connectivity index (χ0n) is 18.2. The number of nitrogens with zero attached hydrogens (tertiary/aromatic N) is 2. The number of amides is 2. The Morgan fingerprint density at radius 3 is 2.52 bits per heavy atom. The Labute approximate surface area is 188 Å². The number of aromatic amines is 1. The molecule has 4 rings (SSSR count). The Hall–Kier alpha value is -3.62. The maximum absolute atomic E-state index is 13.3. The van der Waals surface area contributed by atoms with Crippen LogP contribution in [0.3, 0.4) is 0 Å². The van der Waals surface area contributed by atoms with Crippen LogP contribution in [0.15, 0.2) is 47.3 Å². The first kappa shape index (κ1) is 22.6. The molecule has 1 aromatic heterocycles. The van der Waals surface area contributed by atoms with Crippen molar-refractivity contribution in [3.63, 3.8) is 0 Å². The Kier molecular flexibility index (Phi) is 5.97. The van der Waals surface area contributed by atoms with Gasteiger partial charge in [0.2, 0.25) is 0 Å². The highest BCUT2D eigenvalue weighted by atomic mass is 19.4. The monoisotopic (exact) mass is 456 g/mol. The van der Waals surface area contributed by atoms with Crippen LogP contribution in [-0.4, -0.2) is 27.4 Å². The van der Waals surface area contributed by atoms with Crippen LogP contribution >= 0.6 is 0 Å². The summed E-state index contributed by atoms with van der Waals surface area (Å²) < 4.78 is 39.9. The molecule has 2 aromatic carbocycles. The molecule has 9 heteroatoms. The number of nitrogens with one attached hydrogen (secondary N) is 2. The summed E-state index contributed by atoms with van der Waals surface area (Å²) in [5, 5.41) is 2.91. The van der Waals surface area contributed by atoms with Gasteiger partial charge >= 0.3 is 12.2 Å². The van der Waals surface area contributed by atoms with Crippen LogP contribution in [0.1, 0.15) is 39.3 Å². The van der Waals surface area contributed by atoms with E-state index in [9.17, 15) is 22.8 Å². The fraction of sp³-hybridized carbons (Fsp3) is 0.292. The van der Waals surface area contributed by atoms with Gasteiger partial charge in [-0.25, -0.2) is 9.78 Å². The van der Waals surface area contributed by atoms with Gasteiger partial charge in [-0.3, -0.25) is 4.79 Å². The molecule has 6 nitrogen and oxygen atoms in total. The first-order chi connectivity index (χ1) is 15.6. The lowest BCUT2D eigenvalue weighted by Gasteiger charge is -2.28. The number of rotatable bonds is 3. The minimum absolute atomic E-state index is 0.0403. The minimum atomic E-state index is -4.49. The normalized spacial score (nSPS) is 13.5. The predicted octanol–water partition coefficient (Wildman–Crippen LogP) is 4.59. The Morgan fingerprint density at radius 1 is 1.12 bits per heavy atom. The van der Waals surface area contributed by atoms with E-state index in [1.54, 1.807) is 0 Å². The zero-order valence-corrected chi connectivity index (χ0v) is 18.2. The molecule has 172 valence electrons. The molecule has 2 heterocycles. The molecule has 1 aliphatic heterocycles. The third-order valence-electron chi connectivity index (χ3n) is 5.80. The summed E-state index contributed by atoms with van der Waals surface area (Å²) in [7, 11) is 0. The largest absolute Gasteiger partial charge is 0.416 e. The number of alkyl halides is 3. The van der Waals surface area contributed by atoms with Crippen LogP contribution in [0.5, 0.6) is 0 Å². The Balaban J connectivity index is 1.54. The molecule has 2 amide bonds. The fourth-order valence-corrected chi connectivity index (χ4v) is 4.06. The van der Waals surface area contributed by atoms with Gasteiger partial charge in [-0.1, -0.05) is 36.4 Å². The number of aromatic nitrogens is 2. The van der Waals surface area contributed by atoms with Gasteiger partial charge in [0.15, 0.2) is 0 Å². The van der Waals surface area contributed by atoms with Crippen molar-refractivity contribution in [3.05, 3.63) is 92.2 Å². The molecule has 2 N–H and O–H groups in total. The van der Waals surface area contributed by atoms with Crippen molar-refractivity contribution in [2.75, 3.05) is 11.9 Å². The number of fused-ring (bicyclic) bond motifs is 1. The summed E-state index contributed by atoms with van der Waals surface area (Å²) in [6, 6.07) is 10.6. The van der Waals surface area contributed by atoms with Gasteiger partial charge in [-0.15, -0.1) is 0 Å². The number of aryl methyl sites for hydroxylation is 2. The van der Waals surface area contributed by atoms with Crippen molar-refractivity contribution in [2.24, 2.45) is 0 Å². The van der Waals surface area contributed by atoms with Crippen LogP contribution in [0.25, 0.3) is 0 Å². The highest BCUT2D eigenvalue weighted by Crippen LogP contribution is 2.32. The van der Waals surface area contributed by atoms with E-state index in [4.69, 9.17) is 0 Å². The van der Waals surface area contributed by atoms with E-state index in [2.05, 4.69) is 15.3 Å². The predicted molar refractivity (Wildman–Crippen MR) is 118 cm³/mol. The third-order valence-corrected chi connectivity index (χ3v) is 5.80. The number of para-hydroxylation sites is 1. The van der Waals surface area contributed by atoms with Gasteiger partial charge in [0.05, 0.1) is 23.4 Å². The van der Waals surface area contributed by atoms with E-state index in [1.165, 1.54) is 23.1 Å². The number of urea groups is 1. The molecule has 0 radical (unpaired) electrons. The average Bonchev–Trinajstić information content (AvgIpc) is 2.76. The Bertz CT molecular complexity index is 1250. The lowest BCUT2D eigenvalue weighted by atomic mass is 10.0. The second-order valence-corrected chi connectivity index (χ2v) is 8.14. The third kappa shape index (κ3) is 4.76. The van der Waals surface area contributed by atoms with E-state index in [0.717, 1.165) is 22.9 Å². The van der Waals surface area contributed by atoms with Crippen molar-refractivity contribution in [1.82, 2.24) is 14.9 Å². The lowest BCUT2D eigenvalue weighted by molar-refractivity contribution is -0.138. The molecule has 0 atom stereocenters. The molecule has 0 fully saturated rings. The fourth-order valence-electron chi connectivity index (χ4n) is 4.06. The van der Waals surface area contributed by atoms with Crippen LogP contribution in [-0.2, 0) is 25.6 Å². The molecular formula is C24H23F3N4O2. The van der Waals surface area contributed by atoms with Gasteiger partial charge < -0.3 is 15.2 Å². The maximum Gasteiger partial charge on any atom is 0.416 e. The number of anilines is 1. The lowest BCUT2D eigenvalue weighted by Crippen LogP contribution is -2.42. The molecule has 33 heavy (non-hydrogen) atoms. The van der Waals surface area contributed by atoms with Gasteiger partial charge in [0.25, 0.3) is 5.56 Å². The quantitative estimate of drug-likeness (QED) is 0.605. The number of hydrogen-bond acceptors (Lipinski definition) is 3. The molecule has 0 unspecified atom stereocenters. The van der Waals surface area contributed by atoms with Crippen molar-refractivity contribution >= 4 is 11.7 Å². The van der Waals surface area contributed by atoms with Crippen molar-refractivity contribution in [1.29, 1.82) is 0 Å². The summed E-state index contributed by atoms with van der Waals surface area (Å²) in [4.78, 5) is 34.1. The van der Waals surface area contributed by atoms with Gasteiger partial charge in [-0.2, -0.15) is 13.2 Å². The van der Waals surface area contributed by atoms with Gasteiger partial charge in [0, 0.05) is 25.1 Å². The van der Waals surface area contributed by atoms with E-state index in [1.807, 2.05) is 32.0 Å². The first-order valence-electron chi connectivity index (χ1n) is 10.5. The zero-order chi connectivity index (χ0) is 23.8. The summed E-state index contributed by atoms with van der Waals surface area (Å²) >= 11 is 0. The molecule has 0 aliphatic carbocycles. The number of halogens is 3. The van der Waals surface area contributed by atoms with Crippen molar-refractivity contribution in [3.8, 4) is 0 Å². The highest BCUT2D eigenvalue weighted by molar-refractivity contribution is 5.91. The molecule has 0 saturated heterocycles. The van der Waals surface area contributed by atoms with Gasteiger partial charge in [0.1, 0.15) is 5.82 Å². The van der Waals surface area contributed by atoms with Crippen molar-refractivity contribution < 1.29 is 18.0 Å². The maximum atomic E-state index is 13.3. The molecule has 0 bridgehead atoms. The second-order valence-electron chi connectivity index (χ2n) is 8.14. The smallest absolute Gasteiger partial charge is 0.320 e. The van der Waals surface area contributed by atoms with Crippen LogP contribution in [0, 0.1) is 13.8 Å². The molecule has 0 spiro atoms. The van der Waals surface area contributed by atoms with Crippen LogP contribution in [0.2, 0.25) is 0 Å². The summed E-state index contributed by atoms with van der Waals surface area (Å²) in [5.41, 5.74) is 2.31. The van der Waals surface area contributed by atoms with E-state index < -0.39 is 17.3 Å². The Morgan fingerprint density at radius 2 is 1.82 bits per heavy atom. The van der Waals surface area contributed by atoms with E-state index in [-0.39, 0.29) is 30.4 Å². The highest BCUT2D eigenvalue weighted by Gasteiger charge is 2.33. The molecule has 3 aromatic rings. The van der Waals surface area contributed by atoms with Crippen LogP contribution in [0.4, 0.5) is 23.7 Å². The molecular weight excluding hydrogens is 433 g/mol. The summed E-state index contributed by atoms with van der Waals surface area (Å²) in [5.74, 6) is 0.170. The average molecular weight is 456 g/mol. The van der Waals surface area contributed by atoms with Crippen molar-refractivity contribution in [2.45, 2.75) is 39.4 Å². The number of benzene rings is 2. The second kappa shape index (κ2) is 8.73. The minimum Gasteiger partial charge on any atom is -0.320 e. The number of hydrogen-bond donors (Lipinski definition) is 2. The first-order valence-corrected chi connectivity index (χ1v) is 10.5. The summed E-state index contributed by atoms with van der Waals surface area (Å²) in [6.45, 7) is 4.23. The number of H-pyrrole nitrogens is 1. The molecule has 1 aliphatic rings. The number of carbonyl (C=O) groups is 1. The van der Waals surface area contributed by atoms with E-state index in [0.29, 0.717) is 24.2 Å². The molecule has 0 saturated carbocycles. The van der Waals surface area contributed by atoms with E-state index >= 15 is 0 Å². The summed E-state index contributed by atoms with van der Waals surface area (Å²) in [6.07, 6.45) is -4.29. The SMILES string of the molecule is Cc1cccc(C)c1NC(=O)N1CCc2nc(Cc3ccccc3C(F)(F)F)[nH]c(=O)c2C1. The standard InChI is InChI=1S/C24H23F3N4O2/c1-14-6-5-7-15(2)21(14)30-23(33)31-11-10-19-17(13-31)22(32)29-20(28-19)12-16-8-3-4-9-18(16)24(25,26)27/h3-9H,10-13H2,1-2H3,(H,30,33)(H,28,29,32). The topological polar surface area (TPSA) is 78.1 Å².